The summed E-state index contributed by atoms with van der Waals surface area (Å²) >= 11 is 0. The molecular weight excluding hydrogens is 252 g/mol. The predicted molar refractivity (Wildman–Crippen MR) is 61.7 cm³/mol. The Morgan fingerprint density at radius 2 is 2.16 bits per heavy atom. The summed E-state index contributed by atoms with van der Waals surface area (Å²) in [4.78, 5) is 36.9. The molecule has 8 heteroatoms. The smallest absolute Gasteiger partial charge is 0.326 e. The van der Waals surface area contributed by atoms with Crippen LogP contribution in [0.1, 0.15) is 22.5 Å². The van der Waals surface area contributed by atoms with E-state index in [1.54, 1.807) is 0 Å². The Labute approximate surface area is 107 Å². The van der Waals surface area contributed by atoms with Gasteiger partial charge < -0.3 is 16.2 Å². The van der Waals surface area contributed by atoms with Crippen LogP contribution in [0.4, 0.5) is 0 Å². The molecule has 1 heterocycles. The Hall–Kier alpha value is -2.95. The lowest BCUT2D eigenvalue weighted by Crippen LogP contribution is -2.43. The Kier molecular flexibility index (Phi) is 4.54. The highest BCUT2D eigenvalue weighted by Gasteiger charge is 2.23. The van der Waals surface area contributed by atoms with Gasteiger partial charge in [-0.3, -0.25) is 9.59 Å². The molecule has 0 radical (unpaired) electrons. The van der Waals surface area contributed by atoms with Gasteiger partial charge in [-0.05, 0) is 12.1 Å². The van der Waals surface area contributed by atoms with E-state index in [9.17, 15) is 14.4 Å². The minimum absolute atomic E-state index is 0.0604. The standard InChI is InChI=1S/C11H10N4O4/c12-4-6-1-2-7(14-5-6)10(17)15-8(11(18)19)3-9(13)16/h1-2,5,8H,3H2,(H2,13,16)(H,15,17)(H,18,19). The van der Waals surface area contributed by atoms with Crippen molar-refractivity contribution in [3.05, 3.63) is 29.6 Å². The van der Waals surface area contributed by atoms with Gasteiger partial charge in [0, 0.05) is 6.20 Å². The fraction of sp³-hybridized carbons (Fsp3) is 0.182. The Morgan fingerprint density at radius 1 is 1.47 bits per heavy atom. The first kappa shape index (κ1) is 14.1. The van der Waals surface area contributed by atoms with Crippen LogP contribution in [0.5, 0.6) is 0 Å². The molecule has 19 heavy (non-hydrogen) atoms. The number of carbonyl (C=O) groups is 3. The van der Waals surface area contributed by atoms with Gasteiger partial charge in [-0.15, -0.1) is 0 Å². The molecule has 0 spiro atoms. The van der Waals surface area contributed by atoms with Gasteiger partial charge in [-0.1, -0.05) is 0 Å². The maximum Gasteiger partial charge on any atom is 0.326 e. The molecule has 1 aromatic heterocycles. The van der Waals surface area contributed by atoms with Crippen molar-refractivity contribution in [3.63, 3.8) is 0 Å². The number of nitrogens with one attached hydrogen (secondary N) is 1. The van der Waals surface area contributed by atoms with Gasteiger partial charge in [0.2, 0.25) is 5.91 Å². The Morgan fingerprint density at radius 3 is 2.58 bits per heavy atom. The van der Waals surface area contributed by atoms with E-state index in [4.69, 9.17) is 16.1 Å². The highest BCUT2D eigenvalue weighted by atomic mass is 16.4. The second kappa shape index (κ2) is 6.11. The maximum atomic E-state index is 11.7. The van der Waals surface area contributed by atoms with Crippen molar-refractivity contribution in [2.45, 2.75) is 12.5 Å². The second-order valence-electron chi connectivity index (χ2n) is 3.58. The minimum atomic E-state index is -1.41. The zero-order valence-electron chi connectivity index (χ0n) is 9.66. The van der Waals surface area contributed by atoms with Crippen LogP contribution in [-0.4, -0.2) is 33.9 Å². The van der Waals surface area contributed by atoms with Gasteiger partial charge in [-0.2, -0.15) is 5.26 Å². The lowest BCUT2D eigenvalue weighted by molar-refractivity contribution is -0.140. The number of nitriles is 1. The van der Waals surface area contributed by atoms with Crippen molar-refractivity contribution in [1.29, 1.82) is 5.26 Å². The van der Waals surface area contributed by atoms with Crippen molar-refractivity contribution in [2.75, 3.05) is 0 Å². The van der Waals surface area contributed by atoms with Crippen LogP contribution < -0.4 is 11.1 Å². The molecule has 1 unspecified atom stereocenters. The summed E-state index contributed by atoms with van der Waals surface area (Å²) in [6, 6.07) is 3.06. The van der Waals surface area contributed by atoms with Crippen molar-refractivity contribution in [1.82, 2.24) is 10.3 Å². The first-order valence-corrected chi connectivity index (χ1v) is 5.12. The molecule has 1 atom stereocenters. The SMILES string of the molecule is N#Cc1ccc(C(=O)NC(CC(N)=O)C(=O)O)nc1. The van der Waals surface area contributed by atoms with Crippen LogP contribution in [0.25, 0.3) is 0 Å². The van der Waals surface area contributed by atoms with Gasteiger partial charge >= 0.3 is 5.97 Å². The molecule has 0 saturated carbocycles. The molecule has 0 aliphatic rings. The summed E-state index contributed by atoms with van der Waals surface area (Å²) in [6.45, 7) is 0. The first-order chi connectivity index (χ1) is 8.93. The third kappa shape index (κ3) is 4.08. The number of primary amides is 1. The molecule has 4 N–H and O–H groups in total. The number of aliphatic carboxylic acids is 1. The summed E-state index contributed by atoms with van der Waals surface area (Å²) in [5.74, 6) is -2.99. The van der Waals surface area contributed by atoms with E-state index < -0.39 is 30.2 Å². The molecule has 0 bridgehead atoms. The Bertz CT molecular complexity index is 547. The molecule has 0 fully saturated rings. The third-order valence-corrected chi connectivity index (χ3v) is 2.13. The summed E-state index contributed by atoms with van der Waals surface area (Å²) < 4.78 is 0. The molecule has 1 aromatic rings. The quantitative estimate of drug-likeness (QED) is 0.621. The Balaban J connectivity index is 2.78. The summed E-state index contributed by atoms with van der Waals surface area (Å²) in [5.41, 5.74) is 5.08. The number of carbonyl (C=O) groups excluding carboxylic acids is 2. The third-order valence-electron chi connectivity index (χ3n) is 2.13. The molecule has 0 saturated heterocycles. The van der Waals surface area contributed by atoms with E-state index in [0.717, 1.165) is 0 Å². The van der Waals surface area contributed by atoms with E-state index >= 15 is 0 Å². The largest absolute Gasteiger partial charge is 0.480 e. The number of aromatic nitrogens is 1. The van der Waals surface area contributed by atoms with Crippen molar-refractivity contribution < 1.29 is 19.5 Å². The lowest BCUT2D eigenvalue weighted by atomic mass is 10.2. The average molecular weight is 262 g/mol. The number of carboxylic acids is 1. The van der Waals surface area contributed by atoms with E-state index in [2.05, 4.69) is 10.3 Å². The van der Waals surface area contributed by atoms with E-state index in [1.807, 2.05) is 6.07 Å². The topological polar surface area (TPSA) is 146 Å². The van der Waals surface area contributed by atoms with Crippen molar-refractivity contribution >= 4 is 17.8 Å². The molecule has 0 aliphatic heterocycles. The van der Waals surface area contributed by atoms with Crippen LogP contribution in [0, 0.1) is 11.3 Å². The first-order valence-electron chi connectivity index (χ1n) is 5.12. The highest BCUT2D eigenvalue weighted by Crippen LogP contribution is 2.00. The summed E-state index contributed by atoms with van der Waals surface area (Å²) in [6.07, 6.45) is 0.663. The van der Waals surface area contributed by atoms with Gasteiger partial charge in [-0.25, -0.2) is 9.78 Å². The molecule has 2 amide bonds. The molecule has 0 aliphatic carbocycles. The zero-order valence-corrected chi connectivity index (χ0v) is 9.66. The van der Waals surface area contributed by atoms with E-state index in [-0.39, 0.29) is 11.3 Å². The number of rotatable bonds is 5. The fourth-order valence-electron chi connectivity index (χ4n) is 1.23. The number of carboxylic acid groups (broad SMARTS) is 1. The van der Waals surface area contributed by atoms with E-state index in [1.165, 1.54) is 18.3 Å². The second-order valence-corrected chi connectivity index (χ2v) is 3.58. The number of hydrogen-bond donors (Lipinski definition) is 3. The molecule has 1 rings (SSSR count). The van der Waals surface area contributed by atoms with Gasteiger partial charge in [0.15, 0.2) is 0 Å². The van der Waals surface area contributed by atoms with Crippen molar-refractivity contribution in [2.24, 2.45) is 5.73 Å². The van der Waals surface area contributed by atoms with Crippen LogP contribution >= 0.6 is 0 Å². The number of nitrogens with two attached hydrogens (primary N) is 1. The van der Waals surface area contributed by atoms with Crippen LogP contribution in [-0.2, 0) is 9.59 Å². The van der Waals surface area contributed by atoms with E-state index in [0.29, 0.717) is 0 Å². The van der Waals surface area contributed by atoms with Gasteiger partial charge in [0.1, 0.15) is 17.8 Å². The average Bonchev–Trinajstić information content (AvgIpc) is 2.37. The van der Waals surface area contributed by atoms with Crippen LogP contribution in [0.3, 0.4) is 0 Å². The number of pyridine rings is 1. The maximum absolute atomic E-state index is 11.7. The van der Waals surface area contributed by atoms with Crippen LogP contribution in [0.2, 0.25) is 0 Å². The highest BCUT2D eigenvalue weighted by molar-refractivity contribution is 5.96. The number of nitrogens with zero attached hydrogens (tertiary/aromatic N) is 2. The van der Waals surface area contributed by atoms with Crippen molar-refractivity contribution in [3.8, 4) is 6.07 Å². The summed E-state index contributed by atoms with van der Waals surface area (Å²) in [5, 5.41) is 19.5. The number of hydrogen-bond acceptors (Lipinski definition) is 5. The normalized spacial score (nSPS) is 11.1. The molecule has 98 valence electrons. The minimum Gasteiger partial charge on any atom is -0.480 e. The van der Waals surface area contributed by atoms with Gasteiger partial charge in [0.25, 0.3) is 5.91 Å². The number of amides is 2. The molecular formula is C11H10N4O4. The predicted octanol–water partition coefficient (Wildman–Crippen LogP) is -0.988. The van der Waals surface area contributed by atoms with Crippen LogP contribution in [0.15, 0.2) is 18.3 Å². The summed E-state index contributed by atoms with van der Waals surface area (Å²) in [7, 11) is 0. The molecule has 0 aromatic carbocycles. The monoisotopic (exact) mass is 262 g/mol. The molecule has 8 nitrogen and oxygen atoms in total. The van der Waals surface area contributed by atoms with Gasteiger partial charge in [0.05, 0.1) is 12.0 Å². The zero-order chi connectivity index (χ0) is 14.4. The fourth-order valence-corrected chi connectivity index (χ4v) is 1.23. The lowest BCUT2D eigenvalue weighted by Gasteiger charge is -2.12.